The fraction of sp³-hybridized carbons (Fsp3) is 0.450. The maximum atomic E-state index is 12.8. The molecule has 2 aliphatic heterocycles. The lowest BCUT2D eigenvalue weighted by Crippen LogP contribution is -2.70. The third kappa shape index (κ3) is 11.0. The van der Waals surface area contributed by atoms with E-state index in [0.29, 0.717) is 6.42 Å². The monoisotopic (exact) mass is 734 g/mol. The van der Waals surface area contributed by atoms with E-state index in [-0.39, 0.29) is 25.7 Å². The zero-order chi connectivity index (χ0) is 37.7. The van der Waals surface area contributed by atoms with Crippen LogP contribution in [0.4, 0.5) is 0 Å². The van der Waals surface area contributed by atoms with Crippen LogP contribution in [0.3, 0.4) is 0 Å². The second kappa shape index (κ2) is 19.9. The molecule has 11 atom stereocenters. The lowest BCUT2D eigenvalue weighted by atomic mass is 9.89. The Balaban J connectivity index is 1.60. The summed E-state index contributed by atoms with van der Waals surface area (Å²) >= 11 is 0. The SMILES string of the molecule is C=CCO[C@@H]1[C@H](NC(C)=O)[C@@H](OCc2ccccc2)O[C@H](C(Cc2ccccc2)OCc2ccccc2)[C@H]1O[C@@H]1O[C@H](CO)[C@@H](O)[C@H](O)[C@@H]1NC(C)=O. The summed E-state index contributed by atoms with van der Waals surface area (Å²) in [5.41, 5.74) is 2.72. The van der Waals surface area contributed by atoms with Gasteiger partial charge in [0.2, 0.25) is 11.8 Å². The largest absolute Gasteiger partial charge is 0.394 e. The zero-order valence-electron chi connectivity index (χ0n) is 29.9. The molecule has 1 unspecified atom stereocenters. The van der Waals surface area contributed by atoms with Crippen LogP contribution in [0.5, 0.6) is 0 Å². The summed E-state index contributed by atoms with van der Waals surface area (Å²) in [6.07, 6.45) is -8.81. The molecule has 5 rings (SSSR count). The molecule has 0 spiro atoms. The van der Waals surface area contributed by atoms with Crippen LogP contribution in [-0.2, 0) is 57.6 Å². The van der Waals surface area contributed by atoms with E-state index in [9.17, 15) is 24.9 Å². The molecule has 0 aliphatic carbocycles. The Bertz CT molecular complexity index is 1570. The number of nitrogens with one attached hydrogen (secondary N) is 2. The zero-order valence-corrected chi connectivity index (χ0v) is 29.9. The van der Waals surface area contributed by atoms with E-state index in [1.54, 1.807) is 6.08 Å². The van der Waals surface area contributed by atoms with Gasteiger partial charge in [-0.2, -0.15) is 0 Å². The van der Waals surface area contributed by atoms with Crippen molar-refractivity contribution >= 4 is 11.8 Å². The van der Waals surface area contributed by atoms with Crippen LogP contribution in [0.2, 0.25) is 0 Å². The number of aliphatic hydroxyl groups is 3. The summed E-state index contributed by atoms with van der Waals surface area (Å²) in [5, 5.41) is 37.5. The number of aliphatic hydroxyl groups excluding tert-OH is 3. The molecular weight excluding hydrogens is 684 g/mol. The minimum absolute atomic E-state index is 0.0359. The topological polar surface area (TPSA) is 174 Å². The van der Waals surface area contributed by atoms with Crippen molar-refractivity contribution in [2.45, 2.75) is 101 Å². The molecule has 2 amide bonds. The number of carbonyl (C=O) groups is 2. The lowest BCUT2D eigenvalue weighted by molar-refractivity contribution is -0.344. The summed E-state index contributed by atoms with van der Waals surface area (Å²) in [5.74, 6) is -0.906. The Hall–Kier alpha value is -4.02. The molecule has 2 heterocycles. The van der Waals surface area contributed by atoms with Crippen LogP contribution in [-0.4, -0.2) is 108 Å². The highest BCUT2D eigenvalue weighted by molar-refractivity contribution is 5.73. The fourth-order valence-electron chi connectivity index (χ4n) is 6.61. The summed E-state index contributed by atoms with van der Waals surface area (Å²) in [7, 11) is 0. The Morgan fingerprint density at radius 2 is 1.32 bits per heavy atom. The first-order chi connectivity index (χ1) is 25.7. The maximum absolute atomic E-state index is 12.8. The smallest absolute Gasteiger partial charge is 0.217 e. The first-order valence-corrected chi connectivity index (χ1v) is 17.7. The van der Waals surface area contributed by atoms with Crippen LogP contribution < -0.4 is 10.6 Å². The van der Waals surface area contributed by atoms with Gasteiger partial charge in [-0.1, -0.05) is 97.1 Å². The molecule has 13 heteroatoms. The molecule has 286 valence electrons. The molecule has 3 aromatic rings. The standard InChI is InChI=1S/C40H50N2O11/c1-4-20-48-37-33(42-26(3)45)39(50-24-29-18-12-7-13-19-29)52-36(30(21-27-14-8-5-9-15-27)49-23-28-16-10-6-11-17-28)38(37)53-40-32(41-25(2)44)35(47)34(46)31(22-43)51-40/h4-19,30-40,43,46-47H,1,20-24H2,2-3H3,(H,41,44)(H,42,45)/t30?,31-,32+,33+,34-,35-,36-,37-,38-,39+,40+/m1/s1. The van der Waals surface area contributed by atoms with Crippen LogP contribution in [0.25, 0.3) is 0 Å². The van der Waals surface area contributed by atoms with Gasteiger partial charge >= 0.3 is 0 Å². The van der Waals surface area contributed by atoms with E-state index in [1.165, 1.54) is 13.8 Å². The Labute approximate surface area is 309 Å². The van der Waals surface area contributed by atoms with Crippen molar-refractivity contribution in [1.82, 2.24) is 10.6 Å². The number of ether oxygens (including phenoxy) is 6. The Kier molecular flexibility index (Phi) is 15.1. The molecule has 3 aromatic carbocycles. The number of hydrogen-bond donors (Lipinski definition) is 5. The molecule has 53 heavy (non-hydrogen) atoms. The summed E-state index contributed by atoms with van der Waals surface area (Å²) in [6, 6.07) is 26.6. The molecule has 0 bridgehead atoms. The molecule has 0 radical (unpaired) electrons. The number of amides is 2. The van der Waals surface area contributed by atoms with Crippen molar-refractivity contribution in [3.05, 3.63) is 120 Å². The Morgan fingerprint density at radius 3 is 1.89 bits per heavy atom. The number of benzene rings is 3. The molecule has 0 saturated carbocycles. The predicted octanol–water partition coefficient (Wildman–Crippen LogP) is 2.16. The average Bonchev–Trinajstić information content (AvgIpc) is 3.16. The van der Waals surface area contributed by atoms with Gasteiger partial charge in [0.1, 0.15) is 48.7 Å². The molecule has 13 nitrogen and oxygen atoms in total. The van der Waals surface area contributed by atoms with Crippen molar-refractivity contribution in [3.8, 4) is 0 Å². The summed E-state index contributed by atoms with van der Waals surface area (Å²) < 4.78 is 39.1. The van der Waals surface area contributed by atoms with E-state index in [1.807, 2.05) is 91.0 Å². The van der Waals surface area contributed by atoms with Gasteiger partial charge in [0.15, 0.2) is 12.6 Å². The van der Waals surface area contributed by atoms with Gasteiger partial charge in [-0.15, -0.1) is 6.58 Å². The third-order valence-electron chi connectivity index (χ3n) is 9.11. The van der Waals surface area contributed by atoms with Crippen molar-refractivity contribution in [2.75, 3.05) is 13.2 Å². The van der Waals surface area contributed by atoms with Gasteiger partial charge in [0.25, 0.3) is 0 Å². The normalized spacial score (nSPS) is 29.2. The van der Waals surface area contributed by atoms with Gasteiger partial charge in [0, 0.05) is 20.3 Å². The van der Waals surface area contributed by atoms with Gasteiger partial charge in [-0.3, -0.25) is 9.59 Å². The third-order valence-corrected chi connectivity index (χ3v) is 9.11. The molecule has 5 N–H and O–H groups in total. The van der Waals surface area contributed by atoms with Crippen LogP contribution in [0, 0.1) is 0 Å². The second-order valence-corrected chi connectivity index (χ2v) is 13.1. The van der Waals surface area contributed by atoms with Crippen molar-refractivity contribution in [3.63, 3.8) is 0 Å². The quantitative estimate of drug-likeness (QED) is 0.129. The van der Waals surface area contributed by atoms with E-state index in [4.69, 9.17) is 28.4 Å². The van der Waals surface area contributed by atoms with Crippen LogP contribution in [0.1, 0.15) is 30.5 Å². The van der Waals surface area contributed by atoms with Crippen LogP contribution in [0.15, 0.2) is 104 Å². The first kappa shape index (κ1) is 40.2. The molecule has 2 aliphatic rings. The van der Waals surface area contributed by atoms with E-state index in [0.717, 1.165) is 16.7 Å². The molecule has 2 saturated heterocycles. The first-order valence-electron chi connectivity index (χ1n) is 17.7. The minimum Gasteiger partial charge on any atom is -0.394 e. The average molecular weight is 735 g/mol. The van der Waals surface area contributed by atoms with Crippen molar-refractivity contribution in [1.29, 1.82) is 0 Å². The highest BCUT2D eigenvalue weighted by Crippen LogP contribution is 2.35. The van der Waals surface area contributed by atoms with E-state index < -0.39 is 79.9 Å². The maximum Gasteiger partial charge on any atom is 0.217 e. The van der Waals surface area contributed by atoms with Crippen LogP contribution >= 0.6 is 0 Å². The number of hydrogen-bond acceptors (Lipinski definition) is 11. The summed E-state index contributed by atoms with van der Waals surface area (Å²) in [4.78, 5) is 25.1. The van der Waals surface area contributed by atoms with Gasteiger partial charge < -0.3 is 54.4 Å². The number of carbonyl (C=O) groups excluding carboxylic acids is 2. The minimum atomic E-state index is -1.58. The Morgan fingerprint density at radius 1 is 0.755 bits per heavy atom. The van der Waals surface area contributed by atoms with Gasteiger partial charge in [-0.25, -0.2) is 0 Å². The van der Waals surface area contributed by atoms with E-state index >= 15 is 0 Å². The lowest BCUT2D eigenvalue weighted by Gasteiger charge is -2.50. The summed E-state index contributed by atoms with van der Waals surface area (Å²) in [6.45, 7) is 6.18. The highest BCUT2D eigenvalue weighted by atomic mass is 16.7. The highest BCUT2D eigenvalue weighted by Gasteiger charge is 2.54. The number of rotatable bonds is 17. The molecular formula is C40H50N2O11. The van der Waals surface area contributed by atoms with E-state index in [2.05, 4.69) is 17.2 Å². The van der Waals surface area contributed by atoms with Gasteiger partial charge in [0.05, 0.1) is 32.5 Å². The predicted molar refractivity (Wildman–Crippen MR) is 193 cm³/mol. The van der Waals surface area contributed by atoms with Crippen molar-refractivity contribution < 1.29 is 53.3 Å². The fourth-order valence-corrected chi connectivity index (χ4v) is 6.61. The molecule has 0 aromatic heterocycles. The van der Waals surface area contributed by atoms with Gasteiger partial charge in [-0.05, 0) is 16.7 Å². The second-order valence-electron chi connectivity index (χ2n) is 13.1. The van der Waals surface area contributed by atoms with Crippen molar-refractivity contribution in [2.24, 2.45) is 0 Å². The molecule has 2 fully saturated rings.